The largest absolute Gasteiger partial charge is 0.480 e. The van der Waals surface area contributed by atoms with Gasteiger partial charge in [0, 0.05) is 6.07 Å². The molecule has 2 aromatic carbocycles. The number of aryl methyl sites for hydroxylation is 1. The van der Waals surface area contributed by atoms with Crippen LogP contribution < -0.4 is 10.1 Å². The van der Waals surface area contributed by atoms with E-state index in [1.165, 1.54) is 12.1 Å². The van der Waals surface area contributed by atoms with E-state index < -0.39 is 11.0 Å². The lowest BCUT2D eigenvalue weighted by Gasteiger charge is -2.25. The molecule has 1 aliphatic heterocycles. The number of nitro benzene ring substituents is 1. The van der Waals surface area contributed by atoms with Crippen molar-refractivity contribution in [3.63, 3.8) is 0 Å². The minimum atomic E-state index is -0.644. The number of anilines is 1. The molecule has 0 aromatic heterocycles. The molecule has 0 saturated carbocycles. The number of para-hydroxylation sites is 3. The van der Waals surface area contributed by atoms with E-state index in [0.29, 0.717) is 12.2 Å². The summed E-state index contributed by atoms with van der Waals surface area (Å²) in [6, 6.07) is 13.6. The van der Waals surface area contributed by atoms with Crippen molar-refractivity contribution in [1.82, 2.24) is 0 Å². The van der Waals surface area contributed by atoms with Gasteiger partial charge in [-0.3, -0.25) is 14.9 Å². The van der Waals surface area contributed by atoms with Crippen molar-refractivity contribution in [1.29, 1.82) is 0 Å². The number of nitrogens with zero attached hydrogens (tertiary/aromatic N) is 1. The number of nitro groups is 1. The Balaban J connectivity index is 1.75. The van der Waals surface area contributed by atoms with Crippen LogP contribution in [0.3, 0.4) is 0 Å². The fourth-order valence-corrected chi connectivity index (χ4v) is 2.46. The summed E-state index contributed by atoms with van der Waals surface area (Å²) >= 11 is 0. The van der Waals surface area contributed by atoms with E-state index in [2.05, 4.69) is 5.32 Å². The van der Waals surface area contributed by atoms with Crippen molar-refractivity contribution in [2.75, 3.05) is 5.32 Å². The molecular formula is C16H14N2O4. The van der Waals surface area contributed by atoms with Crippen molar-refractivity contribution in [3.8, 4) is 5.75 Å². The maximum Gasteiger partial charge on any atom is 0.292 e. The molecule has 1 N–H and O–H groups in total. The highest BCUT2D eigenvalue weighted by atomic mass is 16.6. The Morgan fingerprint density at radius 3 is 2.73 bits per heavy atom. The quantitative estimate of drug-likeness (QED) is 0.697. The van der Waals surface area contributed by atoms with Gasteiger partial charge >= 0.3 is 0 Å². The number of hydrogen-bond acceptors (Lipinski definition) is 4. The first kappa shape index (κ1) is 14.1. The van der Waals surface area contributed by atoms with Gasteiger partial charge in [0.2, 0.25) is 0 Å². The predicted molar refractivity (Wildman–Crippen MR) is 80.9 cm³/mol. The molecule has 6 nitrogen and oxygen atoms in total. The molecule has 1 amide bonds. The number of ether oxygens (including phenoxy) is 1. The minimum Gasteiger partial charge on any atom is -0.480 e. The number of carbonyl (C=O) groups excluding carboxylic acids is 1. The zero-order valence-corrected chi connectivity index (χ0v) is 11.7. The molecule has 1 unspecified atom stereocenters. The summed E-state index contributed by atoms with van der Waals surface area (Å²) in [6.45, 7) is 0. The fraction of sp³-hybridized carbons (Fsp3) is 0.188. The standard InChI is InChI=1S/C16H14N2O4/c19-16(17-12-6-2-3-7-13(12)18(20)21)15-10-9-11-5-1-4-8-14(11)22-15/h1-8,15H,9-10H2,(H,17,19). The lowest BCUT2D eigenvalue weighted by Crippen LogP contribution is -2.35. The van der Waals surface area contributed by atoms with Crippen LogP contribution >= 0.6 is 0 Å². The predicted octanol–water partition coefficient (Wildman–Crippen LogP) is 2.93. The van der Waals surface area contributed by atoms with E-state index in [-0.39, 0.29) is 17.3 Å². The highest BCUT2D eigenvalue weighted by Crippen LogP contribution is 2.29. The van der Waals surface area contributed by atoms with Crippen LogP contribution in [0.4, 0.5) is 11.4 Å². The monoisotopic (exact) mass is 298 g/mol. The van der Waals surface area contributed by atoms with E-state index in [1.807, 2.05) is 24.3 Å². The second-order valence-electron chi connectivity index (χ2n) is 5.02. The topological polar surface area (TPSA) is 81.5 Å². The van der Waals surface area contributed by atoms with E-state index in [1.54, 1.807) is 12.1 Å². The number of carbonyl (C=O) groups is 1. The SMILES string of the molecule is O=C(Nc1ccccc1[N+](=O)[O-])C1CCc2ccccc2O1. The number of benzene rings is 2. The van der Waals surface area contributed by atoms with Crippen molar-refractivity contribution < 1.29 is 14.5 Å². The van der Waals surface area contributed by atoms with Crippen molar-refractivity contribution in [2.24, 2.45) is 0 Å². The first-order valence-corrected chi connectivity index (χ1v) is 6.94. The number of hydrogen-bond donors (Lipinski definition) is 1. The Hall–Kier alpha value is -2.89. The minimum absolute atomic E-state index is 0.132. The molecule has 1 aliphatic rings. The summed E-state index contributed by atoms with van der Waals surface area (Å²) in [4.78, 5) is 22.7. The van der Waals surface area contributed by atoms with Gasteiger partial charge in [-0.05, 0) is 30.5 Å². The maximum absolute atomic E-state index is 12.3. The van der Waals surface area contributed by atoms with Gasteiger partial charge in [0.1, 0.15) is 11.4 Å². The normalized spacial score (nSPS) is 16.3. The number of nitrogens with one attached hydrogen (secondary N) is 1. The van der Waals surface area contributed by atoms with Crippen LogP contribution in [0.25, 0.3) is 0 Å². The second kappa shape index (κ2) is 5.85. The lowest BCUT2D eigenvalue weighted by atomic mass is 10.0. The van der Waals surface area contributed by atoms with Gasteiger partial charge < -0.3 is 10.1 Å². The van der Waals surface area contributed by atoms with Gasteiger partial charge in [0.15, 0.2) is 6.10 Å². The van der Waals surface area contributed by atoms with Crippen LogP contribution in [-0.2, 0) is 11.2 Å². The number of rotatable bonds is 3. The first-order valence-electron chi connectivity index (χ1n) is 6.94. The van der Waals surface area contributed by atoms with E-state index in [9.17, 15) is 14.9 Å². The van der Waals surface area contributed by atoms with Crippen LogP contribution in [0.15, 0.2) is 48.5 Å². The van der Waals surface area contributed by atoms with Gasteiger partial charge in [-0.15, -0.1) is 0 Å². The van der Waals surface area contributed by atoms with Gasteiger partial charge in [-0.1, -0.05) is 30.3 Å². The summed E-state index contributed by atoms with van der Waals surface area (Å²) in [5.74, 6) is 0.320. The van der Waals surface area contributed by atoms with Crippen LogP contribution in [0, 0.1) is 10.1 Å². The molecule has 0 radical (unpaired) electrons. The summed E-state index contributed by atoms with van der Waals surface area (Å²) < 4.78 is 5.68. The van der Waals surface area contributed by atoms with Gasteiger partial charge in [0.25, 0.3) is 11.6 Å². The lowest BCUT2D eigenvalue weighted by molar-refractivity contribution is -0.383. The molecule has 0 spiro atoms. The number of amides is 1. The van der Waals surface area contributed by atoms with E-state index in [4.69, 9.17) is 4.74 Å². The Kier molecular flexibility index (Phi) is 3.74. The fourth-order valence-electron chi connectivity index (χ4n) is 2.46. The third kappa shape index (κ3) is 2.76. The van der Waals surface area contributed by atoms with Crippen LogP contribution in [0.5, 0.6) is 5.75 Å². The van der Waals surface area contributed by atoms with Crippen molar-refractivity contribution in [3.05, 3.63) is 64.2 Å². The summed E-state index contributed by atoms with van der Waals surface area (Å²) in [5.41, 5.74) is 1.12. The van der Waals surface area contributed by atoms with E-state index >= 15 is 0 Å². The Labute approximate surface area is 126 Å². The molecule has 0 bridgehead atoms. The Bertz CT molecular complexity index is 730. The van der Waals surface area contributed by atoms with Crippen LogP contribution in [0.1, 0.15) is 12.0 Å². The molecule has 2 aromatic rings. The van der Waals surface area contributed by atoms with Gasteiger partial charge in [-0.25, -0.2) is 0 Å². The summed E-state index contributed by atoms with van der Waals surface area (Å²) in [5, 5.41) is 13.6. The Morgan fingerprint density at radius 2 is 1.91 bits per heavy atom. The van der Waals surface area contributed by atoms with Gasteiger partial charge in [0.05, 0.1) is 4.92 Å². The highest BCUT2D eigenvalue weighted by molar-refractivity contribution is 5.96. The highest BCUT2D eigenvalue weighted by Gasteiger charge is 2.27. The summed E-state index contributed by atoms with van der Waals surface area (Å²) in [7, 11) is 0. The second-order valence-corrected chi connectivity index (χ2v) is 5.02. The average Bonchev–Trinajstić information content (AvgIpc) is 2.54. The third-order valence-electron chi connectivity index (χ3n) is 3.57. The summed E-state index contributed by atoms with van der Waals surface area (Å²) in [6.07, 6.45) is 0.643. The van der Waals surface area contributed by atoms with Crippen molar-refractivity contribution >= 4 is 17.3 Å². The van der Waals surface area contributed by atoms with Crippen molar-refractivity contribution in [2.45, 2.75) is 18.9 Å². The third-order valence-corrected chi connectivity index (χ3v) is 3.57. The maximum atomic E-state index is 12.3. The molecule has 6 heteroatoms. The zero-order chi connectivity index (χ0) is 15.5. The van der Waals surface area contributed by atoms with Gasteiger partial charge in [-0.2, -0.15) is 0 Å². The molecular weight excluding hydrogens is 284 g/mol. The zero-order valence-electron chi connectivity index (χ0n) is 11.7. The first-order chi connectivity index (χ1) is 10.6. The smallest absolute Gasteiger partial charge is 0.292 e. The molecule has 3 rings (SSSR count). The molecule has 0 aliphatic carbocycles. The van der Waals surface area contributed by atoms with Crippen LogP contribution in [0.2, 0.25) is 0 Å². The molecule has 1 atom stereocenters. The number of fused-ring (bicyclic) bond motifs is 1. The molecule has 0 fully saturated rings. The average molecular weight is 298 g/mol. The molecule has 22 heavy (non-hydrogen) atoms. The molecule has 0 saturated heterocycles. The Morgan fingerprint density at radius 1 is 1.18 bits per heavy atom. The molecule has 112 valence electrons. The van der Waals surface area contributed by atoms with E-state index in [0.717, 1.165) is 12.0 Å². The van der Waals surface area contributed by atoms with Crippen LogP contribution in [-0.4, -0.2) is 16.9 Å². The molecule has 1 heterocycles.